The monoisotopic (exact) mass is 425 g/mol. The van der Waals surface area contributed by atoms with Crippen molar-refractivity contribution < 1.29 is 24.2 Å². The summed E-state index contributed by atoms with van der Waals surface area (Å²) in [5.41, 5.74) is 3.48. The number of carbonyl (C=O) groups is 2. The number of hydrazone groups is 1. The summed E-state index contributed by atoms with van der Waals surface area (Å²) in [6.45, 7) is 0. The SMILES string of the molecule is COc1cc(OC)cc(C2=NN(C(=O)CCC(=O)O)[C@H](c3ccc(N(C)C)cc3)C2)c1. The molecule has 1 aliphatic rings. The van der Waals surface area contributed by atoms with E-state index in [0.29, 0.717) is 23.6 Å². The molecule has 3 rings (SSSR count). The van der Waals surface area contributed by atoms with Crippen molar-refractivity contribution in [1.82, 2.24) is 5.01 Å². The van der Waals surface area contributed by atoms with Gasteiger partial charge in [-0.2, -0.15) is 5.10 Å². The highest BCUT2D eigenvalue weighted by Gasteiger charge is 2.33. The zero-order valence-electron chi connectivity index (χ0n) is 18.2. The standard InChI is InChI=1S/C23H27N3O5/c1-25(2)17-7-5-15(6-8-17)21-14-20(24-26(21)22(27)9-10-23(28)29)16-11-18(30-3)13-19(12-16)31-4/h5-8,11-13,21H,9-10,14H2,1-4H3,(H,28,29)/t21-/m0/s1. The van der Waals surface area contributed by atoms with Crippen LogP contribution in [0.3, 0.4) is 0 Å². The minimum Gasteiger partial charge on any atom is -0.497 e. The molecule has 164 valence electrons. The van der Waals surface area contributed by atoms with Crippen LogP contribution in [0.4, 0.5) is 5.69 Å². The lowest BCUT2D eigenvalue weighted by molar-refractivity contribution is -0.141. The molecule has 1 amide bonds. The molecule has 0 fully saturated rings. The van der Waals surface area contributed by atoms with Gasteiger partial charge in [0.15, 0.2) is 0 Å². The Morgan fingerprint density at radius 1 is 1.06 bits per heavy atom. The van der Waals surface area contributed by atoms with Crippen LogP contribution < -0.4 is 14.4 Å². The quantitative estimate of drug-likeness (QED) is 0.698. The van der Waals surface area contributed by atoms with E-state index in [1.54, 1.807) is 20.3 Å². The third-order valence-electron chi connectivity index (χ3n) is 5.20. The Kier molecular flexibility index (Phi) is 6.79. The lowest BCUT2D eigenvalue weighted by Gasteiger charge is -2.22. The Bertz CT molecular complexity index is 963. The van der Waals surface area contributed by atoms with E-state index in [1.807, 2.05) is 55.4 Å². The maximum absolute atomic E-state index is 12.8. The minimum atomic E-state index is -1.01. The van der Waals surface area contributed by atoms with E-state index in [-0.39, 0.29) is 24.8 Å². The smallest absolute Gasteiger partial charge is 0.303 e. The third-order valence-corrected chi connectivity index (χ3v) is 5.20. The molecule has 0 aliphatic carbocycles. The molecule has 1 atom stereocenters. The van der Waals surface area contributed by atoms with E-state index in [9.17, 15) is 9.59 Å². The molecular weight excluding hydrogens is 398 g/mol. The Labute approximate surface area is 181 Å². The maximum atomic E-state index is 12.8. The van der Waals surface area contributed by atoms with Crippen LogP contribution in [0.1, 0.15) is 36.4 Å². The maximum Gasteiger partial charge on any atom is 0.303 e. The number of rotatable bonds is 8. The summed E-state index contributed by atoms with van der Waals surface area (Å²) in [6, 6.07) is 13.1. The fourth-order valence-corrected chi connectivity index (χ4v) is 3.47. The van der Waals surface area contributed by atoms with Crippen LogP contribution in [0.5, 0.6) is 11.5 Å². The molecule has 1 N–H and O–H groups in total. The normalized spacial score (nSPS) is 15.4. The van der Waals surface area contributed by atoms with Gasteiger partial charge in [-0.05, 0) is 29.8 Å². The highest BCUT2D eigenvalue weighted by molar-refractivity contribution is 6.04. The van der Waals surface area contributed by atoms with Gasteiger partial charge >= 0.3 is 5.97 Å². The molecule has 2 aromatic carbocycles. The van der Waals surface area contributed by atoms with Gasteiger partial charge in [-0.1, -0.05) is 12.1 Å². The van der Waals surface area contributed by atoms with Crippen LogP contribution in [0, 0.1) is 0 Å². The number of nitrogens with zero attached hydrogens (tertiary/aromatic N) is 3. The number of aliphatic carboxylic acids is 1. The highest BCUT2D eigenvalue weighted by atomic mass is 16.5. The third kappa shape index (κ3) is 5.14. The summed E-state index contributed by atoms with van der Waals surface area (Å²) in [6.07, 6.45) is 0.149. The zero-order chi connectivity index (χ0) is 22.5. The number of anilines is 1. The summed E-state index contributed by atoms with van der Waals surface area (Å²) >= 11 is 0. The molecule has 0 aromatic heterocycles. The first kappa shape index (κ1) is 22.1. The van der Waals surface area contributed by atoms with Gasteiger partial charge in [-0.25, -0.2) is 5.01 Å². The summed E-state index contributed by atoms with van der Waals surface area (Å²) in [4.78, 5) is 25.8. The van der Waals surface area contributed by atoms with Crippen molar-refractivity contribution in [3.05, 3.63) is 53.6 Å². The summed E-state index contributed by atoms with van der Waals surface area (Å²) in [7, 11) is 7.07. The molecule has 0 saturated heterocycles. The van der Waals surface area contributed by atoms with Crippen molar-refractivity contribution in [3.63, 3.8) is 0 Å². The predicted molar refractivity (Wildman–Crippen MR) is 118 cm³/mol. The topological polar surface area (TPSA) is 91.7 Å². The molecule has 0 spiro atoms. The van der Waals surface area contributed by atoms with E-state index in [0.717, 1.165) is 16.8 Å². The van der Waals surface area contributed by atoms with Gasteiger partial charge < -0.3 is 19.5 Å². The van der Waals surface area contributed by atoms with Gasteiger partial charge in [0.25, 0.3) is 0 Å². The summed E-state index contributed by atoms with van der Waals surface area (Å²) < 4.78 is 10.7. The van der Waals surface area contributed by atoms with Gasteiger partial charge in [0, 0.05) is 44.3 Å². The van der Waals surface area contributed by atoms with Gasteiger partial charge in [0.2, 0.25) is 5.91 Å². The van der Waals surface area contributed by atoms with E-state index in [4.69, 9.17) is 14.6 Å². The van der Waals surface area contributed by atoms with Crippen molar-refractivity contribution in [2.24, 2.45) is 5.10 Å². The number of benzene rings is 2. The van der Waals surface area contributed by atoms with Crippen LogP contribution in [0.2, 0.25) is 0 Å². The first-order valence-electron chi connectivity index (χ1n) is 9.94. The molecule has 31 heavy (non-hydrogen) atoms. The van der Waals surface area contributed by atoms with E-state index in [1.165, 1.54) is 5.01 Å². The predicted octanol–water partition coefficient (Wildman–Crippen LogP) is 3.31. The molecule has 1 heterocycles. The van der Waals surface area contributed by atoms with E-state index < -0.39 is 5.97 Å². The highest BCUT2D eigenvalue weighted by Crippen LogP contribution is 2.35. The van der Waals surface area contributed by atoms with Crippen LogP contribution in [-0.2, 0) is 9.59 Å². The number of carboxylic acid groups (broad SMARTS) is 1. The van der Waals surface area contributed by atoms with E-state index >= 15 is 0 Å². The molecule has 0 bridgehead atoms. The molecule has 2 aromatic rings. The second-order valence-corrected chi connectivity index (χ2v) is 7.49. The lowest BCUT2D eigenvalue weighted by atomic mass is 9.97. The number of methoxy groups -OCH3 is 2. The molecule has 0 saturated carbocycles. The summed E-state index contributed by atoms with van der Waals surface area (Å²) in [5, 5.41) is 15.0. The minimum absolute atomic E-state index is 0.111. The molecule has 1 aliphatic heterocycles. The average Bonchev–Trinajstić information content (AvgIpc) is 3.22. The average molecular weight is 425 g/mol. The van der Waals surface area contributed by atoms with Crippen LogP contribution in [0.15, 0.2) is 47.6 Å². The van der Waals surface area contributed by atoms with Crippen LogP contribution >= 0.6 is 0 Å². The van der Waals surface area contributed by atoms with Gasteiger partial charge in [-0.15, -0.1) is 0 Å². The number of ether oxygens (including phenoxy) is 2. The number of carbonyl (C=O) groups excluding carboxylic acids is 1. The molecule has 0 unspecified atom stereocenters. The van der Waals surface area contributed by atoms with Gasteiger partial charge in [0.05, 0.1) is 32.4 Å². The van der Waals surface area contributed by atoms with Crippen LogP contribution in [0.25, 0.3) is 0 Å². The largest absolute Gasteiger partial charge is 0.497 e. The fraction of sp³-hybridized carbons (Fsp3) is 0.348. The second-order valence-electron chi connectivity index (χ2n) is 7.49. The van der Waals surface area contributed by atoms with Gasteiger partial charge in [0.1, 0.15) is 11.5 Å². The second kappa shape index (κ2) is 9.51. The van der Waals surface area contributed by atoms with Crippen LogP contribution in [-0.4, -0.2) is 56.0 Å². The Balaban J connectivity index is 1.95. The zero-order valence-corrected chi connectivity index (χ0v) is 18.2. The fourth-order valence-electron chi connectivity index (χ4n) is 3.47. The Hall–Kier alpha value is -3.55. The Morgan fingerprint density at radius 2 is 1.68 bits per heavy atom. The Morgan fingerprint density at radius 3 is 2.19 bits per heavy atom. The van der Waals surface area contributed by atoms with Crippen molar-refractivity contribution in [3.8, 4) is 11.5 Å². The van der Waals surface area contributed by atoms with Crippen molar-refractivity contribution in [2.45, 2.75) is 25.3 Å². The molecule has 0 radical (unpaired) electrons. The molecular formula is C23H27N3O5. The molecule has 8 nitrogen and oxygen atoms in total. The molecule has 8 heteroatoms. The van der Waals surface area contributed by atoms with E-state index in [2.05, 4.69) is 5.10 Å². The van der Waals surface area contributed by atoms with Crippen molar-refractivity contribution >= 4 is 23.3 Å². The summed E-state index contributed by atoms with van der Waals surface area (Å²) in [5.74, 6) is -0.0886. The number of amides is 1. The van der Waals surface area contributed by atoms with Crippen molar-refractivity contribution in [2.75, 3.05) is 33.2 Å². The number of hydrogen-bond donors (Lipinski definition) is 1. The number of hydrogen-bond acceptors (Lipinski definition) is 6. The number of carboxylic acids is 1. The van der Waals surface area contributed by atoms with Crippen molar-refractivity contribution in [1.29, 1.82) is 0 Å². The lowest BCUT2D eigenvalue weighted by Crippen LogP contribution is -2.27. The van der Waals surface area contributed by atoms with Gasteiger partial charge in [-0.3, -0.25) is 9.59 Å². The first-order chi connectivity index (χ1) is 14.8. The first-order valence-corrected chi connectivity index (χ1v) is 9.94.